The first-order chi connectivity index (χ1) is 26.2. The molecule has 53 heavy (non-hydrogen) atoms. The lowest BCUT2D eigenvalue weighted by Gasteiger charge is -2.33. The second-order valence-corrected chi connectivity index (χ2v) is 13.7. The lowest BCUT2D eigenvalue weighted by atomic mass is 9.92. The van der Waals surface area contributed by atoms with E-state index in [4.69, 9.17) is 0 Å². The molecule has 8 aromatic carbocycles. The zero-order valence-corrected chi connectivity index (χ0v) is 29.5. The van der Waals surface area contributed by atoms with Gasteiger partial charge in [0.25, 0.3) is 0 Å². The Balaban J connectivity index is 1.04. The van der Waals surface area contributed by atoms with Gasteiger partial charge in [0.1, 0.15) is 0 Å². The Morgan fingerprint density at radius 2 is 0.830 bits per heavy atom. The molecule has 0 saturated heterocycles. The number of benzene rings is 8. The predicted molar refractivity (Wildman–Crippen MR) is 226 cm³/mol. The van der Waals surface area contributed by atoms with Gasteiger partial charge in [0.2, 0.25) is 0 Å². The molecule has 1 heteroatoms. The van der Waals surface area contributed by atoms with Crippen molar-refractivity contribution >= 4 is 27.7 Å². The smallest absolute Gasteiger partial charge is 0.0560 e. The summed E-state index contributed by atoms with van der Waals surface area (Å²) < 4.78 is 0. The summed E-state index contributed by atoms with van der Waals surface area (Å²) in [5.41, 5.74) is 14.6. The topological polar surface area (TPSA) is 3.24 Å². The standard InChI is InChI=1S/C52H39N/c1-3-12-38(13-4-1)41-26-30-50(31-27-41)53(52-23-11-22-48(37-52)46-20-9-18-44(34-46)39-14-5-2-6-15-39)51-32-28-42(29-33-51)45-19-10-21-47(35-45)49-25-24-40-16-7-8-17-43(40)36-49/h1-32,34-37,51H,33H2. The minimum atomic E-state index is 0.149. The van der Waals surface area contributed by atoms with Crippen LogP contribution in [0.15, 0.2) is 218 Å². The number of anilines is 2. The Hall–Kier alpha value is -6.70. The molecule has 0 N–H and O–H groups in total. The Morgan fingerprint density at radius 1 is 0.340 bits per heavy atom. The third-order valence-corrected chi connectivity index (χ3v) is 10.4. The lowest BCUT2D eigenvalue weighted by Crippen LogP contribution is -2.30. The maximum Gasteiger partial charge on any atom is 0.0560 e. The Morgan fingerprint density at radius 3 is 1.51 bits per heavy atom. The summed E-state index contributed by atoms with van der Waals surface area (Å²) in [6.45, 7) is 0. The van der Waals surface area contributed by atoms with Gasteiger partial charge in [-0.2, -0.15) is 0 Å². The molecule has 1 atom stereocenters. The number of rotatable bonds is 8. The number of nitrogens with zero attached hydrogens (tertiary/aromatic N) is 1. The molecule has 252 valence electrons. The maximum atomic E-state index is 2.49. The average molecular weight is 678 g/mol. The highest BCUT2D eigenvalue weighted by Gasteiger charge is 2.22. The van der Waals surface area contributed by atoms with Crippen LogP contribution in [-0.2, 0) is 0 Å². The van der Waals surface area contributed by atoms with Crippen molar-refractivity contribution in [3.8, 4) is 44.5 Å². The molecule has 0 heterocycles. The summed E-state index contributed by atoms with van der Waals surface area (Å²) in [6, 6.07) is 72.5. The fraction of sp³-hybridized carbons (Fsp3) is 0.0385. The van der Waals surface area contributed by atoms with Crippen LogP contribution in [0.1, 0.15) is 12.0 Å². The molecule has 0 spiro atoms. The van der Waals surface area contributed by atoms with Gasteiger partial charge in [-0.15, -0.1) is 0 Å². The van der Waals surface area contributed by atoms with E-state index >= 15 is 0 Å². The van der Waals surface area contributed by atoms with Gasteiger partial charge in [-0.3, -0.25) is 0 Å². The minimum Gasteiger partial charge on any atom is -0.334 e. The van der Waals surface area contributed by atoms with Crippen LogP contribution in [-0.4, -0.2) is 6.04 Å². The minimum absolute atomic E-state index is 0.149. The maximum absolute atomic E-state index is 2.49. The van der Waals surface area contributed by atoms with Crippen LogP contribution in [0.5, 0.6) is 0 Å². The molecule has 0 fully saturated rings. The van der Waals surface area contributed by atoms with Gasteiger partial charge in [-0.05, 0) is 115 Å². The highest BCUT2D eigenvalue weighted by Crippen LogP contribution is 2.37. The predicted octanol–water partition coefficient (Wildman–Crippen LogP) is 14.1. The molecule has 1 aliphatic rings. The van der Waals surface area contributed by atoms with Gasteiger partial charge >= 0.3 is 0 Å². The van der Waals surface area contributed by atoms with Crippen LogP contribution in [0.4, 0.5) is 11.4 Å². The largest absolute Gasteiger partial charge is 0.334 e. The molecule has 0 saturated carbocycles. The van der Waals surface area contributed by atoms with Crippen molar-refractivity contribution in [3.63, 3.8) is 0 Å². The summed E-state index contributed by atoms with van der Waals surface area (Å²) in [5.74, 6) is 0. The summed E-state index contributed by atoms with van der Waals surface area (Å²) in [4.78, 5) is 2.49. The van der Waals surface area contributed by atoms with E-state index in [9.17, 15) is 0 Å². The Kier molecular flexibility index (Phi) is 8.82. The molecule has 9 rings (SSSR count). The van der Waals surface area contributed by atoms with E-state index < -0.39 is 0 Å². The zero-order valence-electron chi connectivity index (χ0n) is 29.5. The van der Waals surface area contributed by atoms with E-state index in [2.05, 4.69) is 223 Å². The van der Waals surface area contributed by atoms with Gasteiger partial charge < -0.3 is 4.90 Å². The molecule has 1 nitrogen and oxygen atoms in total. The highest BCUT2D eigenvalue weighted by molar-refractivity contribution is 5.88. The van der Waals surface area contributed by atoms with Crippen molar-refractivity contribution in [1.29, 1.82) is 0 Å². The van der Waals surface area contributed by atoms with Crippen molar-refractivity contribution in [1.82, 2.24) is 0 Å². The van der Waals surface area contributed by atoms with Crippen LogP contribution in [0.25, 0.3) is 60.9 Å². The molecule has 0 amide bonds. The zero-order chi connectivity index (χ0) is 35.4. The Bertz CT molecular complexity index is 2580. The fourth-order valence-corrected chi connectivity index (χ4v) is 7.58. The summed E-state index contributed by atoms with van der Waals surface area (Å²) in [6.07, 6.45) is 7.99. The normalized spacial score (nSPS) is 13.8. The second-order valence-electron chi connectivity index (χ2n) is 13.7. The lowest BCUT2D eigenvalue weighted by molar-refractivity contribution is 0.787. The third-order valence-electron chi connectivity index (χ3n) is 10.4. The first kappa shape index (κ1) is 32.2. The number of hydrogen-bond acceptors (Lipinski definition) is 1. The van der Waals surface area contributed by atoms with Crippen molar-refractivity contribution in [3.05, 3.63) is 224 Å². The second kappa shape index (κ2) is 14.5. The van der Waals surface area contributed by atoms with Crippen LogP contribution >= 0.6 is 0 Å². The Labute approximate surface area is 312 Å². The number of allylic oxidation sites excluding steroid dienone is 2. The van der Waals surface area contributed by atoms with Gasteiger partial charge in [0.05, 0.1) is 6.04 Å². The molecule has 0 aliphatic heterocycles. The van der Waals surface area contributed by atoms with Gasteiger partial charge in [0.15, 0.2) is 0 Å². The van der Waals surface area contributed by atoms with Crippen molar-refractivity contribution in [2.75, 3.05) is 4.90 Å². The van der Waals surface area contributed by atoms with E-state index in [-0.39, 0.29) is 6.04 Å². The molecule has 8 aromatic rings. The molecular formula is C52H39N. The fourth-order valence-electron chi connectivity index (χ4n) is 7.58. The summed E-state index contributed by atoms with van der Waals surface area (Å²) in [5, 5.41) is 2.53. The number of hydrogen-bond donors (Lipinski definition) is 0. The van der Waals surface area contributed by atoms with Crippen molar-refractivity contribution in [2.24, 2.45) is 0 Å². The van der Waals surface area contributed by atoms with Gasteiger partial charge in [-0.1, -0.05) is 176 Å². The molecular weight excluding hydrogens is 639 g/mol. The molecule has 1 aliphatic carbocycles. The quantitative estimate of drug-likeness (QED) is 0.155. The van der Waals surface area contributed by atoms with Gasteiger partial charge in [-0.25, -0.2) is 0 Å². The van der Waals surface area contributed by atoms with Crippen LogP contribution in [0, 0.1) is 0 Å². The van der Waals surface area contributed by atoms with E-state index in [1.807, 2.05) is 0 Å². The van der Waals surface area contributed by atoms with Crippen molar-refractivity contribution in [2.45, 2.75) is 12.5 Å². The van der Waals surface area contributed by atoms with E-state index in [1.165, 1.54) is 77.8 Å². The molecule has 0 aromatic heterocycles. The van der Waals surface area contributed by atoms with Crippen LogP contribution in [0.2, 0.25) is 0 Å². The monoisotopic (exact) mass is 677 g/mol. The molecule has 0 radical (unpaired) electrons. The molecule has 0 bridgehead atoms. The SMILES string of the molecule is C1=CC(N(c2ccc(-c3ccccc3)cc2)c2cccc(-c3cccc(-c4ccccc4)c3)c2)CC=C1c1cccc(-c2ccc3ccccc3c2)c1. The first-order valence-electron chi connectivity index (χ1n) is 18.4. The van der Waals surface area contributed by atoms with Gasteiger partial charge in [0, 0.05) is 11.4 Å². The highest BCUT2D eigenvalue weighted by atomic mass is 15.2. The summed E-state index contributed by atoms with van der Waals surface area (Å²) >= 11 is 0. The number of fused-ring (bicyclic) bond motifs is 1. The van der Waals surface area contributed by atoms with E-state index in [0.717, 1.165) is 6.42 Å². The van der Waals surface area contributed by atoms with Crippen LogP contribution < -0.4 is 4.90 Å². The van der Waals surface area contributed by atoms with Crippen LogP contribution in [0.3, 0.4) is 0 Å². The molecule has 1 unspecified atom stereocenters. The average Bonchev–Trinajstić information content (AvgIpc) is 3.25. The summed E-state index contributed by atoms with van der Waals surface area (Å²) in [7, 11) is 0. The first-order valence-corrected chi connectivity index (χ1v) is 18.4. The third kappa shape index (κ3) is 6.86. The van der Waals surface area contributed by atoms with E-state index in [1.54, 1.807) is 0 Å². The van der Waals surface area contributed by atoms with Crippen molar-refractivity contribution < 1.29 is 0 Å². The van der Waals surface area contributed by atoms with E-state index in [0.29, 0.717) is 0 Å².